The van der Waals surface area contributed by atoms with Crippen molar-refractivity contribution in [2.45, 2.75) is 0 Å². The molecule has 2 aromatic heterocycles. The van der Waals surface area contributed by atoms with Crippen molar-refractivity contribution in [2.24, 2.45) is 0 Å². The molecule has 47 heavy (non-hydrogen) atoms. The summed E-state index contributed by atoms with van der Waals surface area (Å²) >= 11 is 1.86. The van der Waals surface area contributed by atoms with E-state index >= 15 is 0 Å². The van der Waals surface area contributed by atoms with Gasteiger partial charge in [-0.25, -0.2) is 0 Å². The molecule has 220 valence electrons. The van der Waals surface area contributed by atoms with Crippen molar-refractivity contribution in [2.75, 3.05) is 4.90 Å². The van der Waals surface area contributed by atoms with Crippen LogP contribution >= 0.6 is 11.3 Å². The van der Waals surface area contributed by atoms with E-state index in [1.165, 1.54) is 52.8 Å². The number of furan rings is 1. The Bertz CT molecular complexity index is 2800. The molecule has 3 heteroatoms. The van der Waals surface area contributed by atoms with E-state index in [1.54, 1.807) is 0 Å². The maximum atomic E-state index is 6.60. The zero-order valence-corrected chi connectivity index (χ0v) is 26.2. The molecular formula is C44H27NOS. The van der Waals surface area contributed by atoms with Crippen molar-refractivity contribution in [1.82, 2.24) is 0 Å². The number of thiophene rings is 1. The fraction of sp³-hybridized carbons (Fsp3) is 0. The van der Waals surface area contributed by atoms with Gasteiger partial charge in [0.25, 0.3) is 0 Å². The van der Waals surface area contributed by atoms with Crippen LogP contribution < -0.4 is 4.90 Å². The van der Waals surface area contributed by atoms with Gasteiger partial charge in [0.15, 0.2) is 5.58 Å². The van der Waals surface area contributed by atoms with Gasteiger partial charge in [-0.2, -0.15) is 0 Å². The average Bonchev–Trinajstić information content (AvgIpc) is 3.69. The van der Waals surface area contributed by atoms with Gasteiger partial charge in [0.1, 0.15) is 5.58 Å². The normalized spacial score (nSPS) is 11.8. The van der Waals surface area contributed by atoms with E-state index in [2.05, 4.69) is 163 Å². The lowest BCUT2D eigenvalue weighted by molar-refractivity contribution is 0.669. The number of fused-ring (bicyclic) bond motifs is 8. The molecule has 0 N–H and O–H groups in total. The molecule has 2 nitrogen and oxygen atoms in total. The van der Waals surface area contributed by atoms with Gasteiger partial charge in [0.2, 0.25) is 0 Å². The van der Waals surface area contributed by atoms with E-state index in [4.69, 9.17) is 4.42 Å². The van der Waals surface area contributed by atoms with Crippen molar-refractivity contribution < 1.29 is 4.42 Å². The molecule has 10 aromatic rings. The number of hydrogen-bond acceptors (Lipinski definition) is 3. The Morgan fingerprint density at radius 3 is 1.96 bits per heavy atom. The molecular weight excluding hydrogens is 591 g/mol. The van der Waals surface area contributed by atoms with Crippen LogP contribution in [0.3, 0.4) is 0 Å². The minimum atomic E-state index is 0.882. The monoisotopic (exact) mass is 617 g/mol. The van der Waals surface area contributed by atoms with Gasteiger partial charge in [-0.1, -0.05) is 109 Å². The molecule has 0 saturated carbocycles. The standard InChI is InChI=1S/C44H27NOS/c1-2-11-31-26-43-38(25-30(31)10-1)39-27-33(23-24-42(39)47-43)45(40-17-8-16-37-36-14-5-6-18-41(36)46-44(37)40)32-21-19-29(20-22-32)35-15-7-12-28-9-3-4-13-34(28)35/h1-27H. The minimum absolute atomic E-state index is 0.882. The Balaban J connectivity index is 1.19. The molecule has 0 bridgehead atoms. The van der Waals surface area contributed by atoms with Crippen LogP contribution in [0.15, 0.2) is 168 Å². The van der Waals surface area contributed by atoms with Crippen LogP contribution in [-0.2, 0) is 0 Å². The predicted molar refractivity (Wildman–Crippen MR) is 202 cm³/mol. The lowest BCUT2D eigenvalue weighted by Crippen LogP contribution is -2.10. The molecule has 10 rings (SSSR count). The summed E-state index contributed by atoms with van der Waals surface area (Å²) in [4.78, 5) is 2.35. The Kier molecular flexibility index (Phi) is 5.78. The fourth-order valence-electron chi connectivity index (χ4n) is 7.19. The first-order valence-electron chi connectivity index (χ1n) is 15.9. The molecule has 0 amide bonds. The summed E-state index contributed by atoms with van der Waals surface area (Å²) in [6.45, 7) is 0. The highest BCUT2D eigenvalue weighted by atomic mass is 32.1. The van der Waals surface area contributed by atoms with Gasteiger partial charge in [0.05, 0.1) is 5.69 Å². The smallest absolute Gasteiger partial charge is 0.159 e. The summed E-state index contributed by atoms with van der Waals surface area (Å²) < 4.78 is 9.19. The topological polar surface area (TPSA) is 16.4 Å². The molecule has 0 unspecified atom stereocenters. The first kappa shape index (κ1) is 26.3. The van der Waals surface area contributed by atoms with Gasteiger partial charge in [0, 0.05) is 42.3 Å². The molecule has 8 aromatic carbocycles. The third kappa shape index (κ3) is 4.17. The zero-order chi connectivity index (χ0) is 30.9. The highest BCUT2D eigenvalue weighted by Gasteiger charge is 2.20. The van der Waals surface area contributed by atoms with Crippen molar-refractivity contribution in [3.05, 3.63) is 164 Å². The second-order valence-electron chi connectivity index (χ2n) is 12.1. The predicted octanol–water partition coefficient (Wildman–Crippen LogP) is 13.4. The molecule has 0 spiro atoms. The van der Waals surface area contributed by atoms with Gasteiger partial charge in [-0.15, -0.1) is 11.3 Å². The van der Waals surface area contributed by atoms with Gasteiger partial charge < -0.3 is 9.32 Å². The van der Waals surface area contributed by atoms with E-state index in [0.29, 0.717) is 0 Å². The number of nitrogens with zero attached hydrogens (tertiary/aromatic N) is 1. The quantitative estimate of drug-likeness (QED) is 0.195. The largest absolute Gasteiger partial charge is 0.454 e. The van der Waals surface area contributed by atoms with Crippen LogP contribution in [0, 0.1) is 0 Å². The number of para-hydroxylation sites is 2. The van der Waals surface area contributed by atoms with Crippen molar-refractivity contribution >= 4 is 92.1 Å². The molecule has 0 aliphatic heterocycles. The summed E-state index contributed by atoms with van der Waals surface area (Å²) in [5, 5.41) is 9.84. The van der Waals surface area contributed by atoms with Crippen molar-refractivity contribution in [3.63, 3.8) is 0 Å². The van der Waals surface area contributed by atoms with E-state index in [9.17, 15) is 0 Å². The highest BCUT2D eigenvalue weighted by Crippen LogP contribution is 2.45. The maximum absolute atomic E-state index is 6.60. The van der Waals surface area contributed by atoms with Crippen LogP contribution in [0.4, 0.5) is 17.1 Å². The van der Waals surface area contributed by atoms with Crippen LogP contribution in [-0.4, -0.2) is 0 Å². The summed E-state index contributed by atoms with van der Waals surface area (Å²) in [5.41, 5.74) is 7.39. The molecule has 0 aliphatic rings. The maximum Gasteiger partial charge on any atom is 0.159 e. The van der Waals surface area contributed by atoms with Gasteiger partial charge in [-0.05, 0) is 87.3 Å². The van der Waals surface area contributed by atoms with Crippen LogP contribution in [0.5, 0.6) is 0 Å². The molecule has 0 atom stereocenters. The molecule has 0 radical (unpaired) electrons. The first-order valence-corrected chi connectivity index (χ1v) is 16.7. The Hall–Kier alpha value is -5.90. The van der Waals surface area contributed by atoms with E-state index in [0.717, 1.165) is 39.0 Å². The number of anilines is 3. The summed E-state index contributed by atoms with van der Waals surface area (Å²) in [5.74, 6) is 0. The number of benzene rings is 8. The third-order valence-electron chi connectivity index (χ3n) is 9.43. The lowest BCUT2D eigenvalue weighted by atomic mass is 9.98. The number of rotatable bonds is 4. The average molecular weight is 618 g/mol. The zero-order valence-electron chi connectivity index (χ0n) is 25.4. The number of hydrogen-bond donors (Lipinski definition) is 0. The third-order valence-corrected chi connectivity index (χ3v) is 10.6. The van der Waals surface area contributed by atoms with Gasteiger partial charge >= 0.3 is 0 Å². The van der Waals surface area contributed by atoms with Crippen LogP contribution in [0.25, 0.3) is 74.8 Å². The van der Waals surface area contributed by atoms with E-state index in [1.807, 2.05) is 17.4 Å². The van der Waals surface area contributed by atoms with Crippen LogP contribution in [0.2, 0.25) is 0 Å². The summed E-state index contributed by atoms with van der Waals surface area (Å²) in [6, 6.07) is 59.0. The van der Waals surface area contributed by atoms with Crippen molar-refractivity contribution in [1.29, 1.82) is 0 Å². The molecule has 2 heterocycles. The Labute approximate surface area is 275 Å². The van der Waals surface area contributed by atoms with Crippen molar-refractivity contribution in [3.8, 4) is 11.1 Å². The summed E-state index contributed by atoms with van der Waals surface area (Å²) in [7, 11) is 0. The second kappa shape index (κ2) is 10.3. The summed E-state index contributed by atoms with van der Waals surface area (Å²) in [6.07, 6.45) is 0. The first-order chi connectivity index (χ1) is 23.3. The Morgan fingerprint density at radius 2 is 1.09 bits per heavy atom. The van der Waals surface area contributed by atoms with Crippen LogP contribution in [0.1, 0.15) is 0 Å². The molecule has 0 saturated heterocycles. The second-order valence-corrected chi connectivity index (χ2v) is 13.2. The molecule has 0 fully saturated rings. The molecule has 0 aliphatic carbocycles. The van der Waals surface area contributed by atoms with E-state index in [-0.39, 0.29) is 0 Å². The lowest BCUT2D eigenvalue weighted by Gasteiger charge is -2.26. The van der Waals surface area contributed by atoms with Gasteiger partial charge in [-0.3, -0.25) is 0 Å². The Morgan fingerprint density at radius 1 is 0.426 bits per heavy atom. The van der Waals surface area contributed by atoms with E-state index < -0.39 is 0 Å². The highest BCUT2D eigenvalue weighted by molar-refractivity contribution is 7.25. The minimum Gasteiger partial charge on any atom is -0.454 e. The fourth-order valence-corrected chi connectivity index (χ4v) is 8.31. The SMILES string of the molecule is c1ccc2cc3c(cc2c1)sc1ccc(N(c2ccc(-c4cccc5ccccc45)cc2)c2cccc4c2oc2ccccc24)cc13.